The fraction of sp³-hybridized carbons (Fsp3) is 0.158. The first-order chi connectivity index (χ1) is 12.5. The number of nitrogens with zero attached hydrogens (tertiary/aromatic N) is 5. The highest BCUT2D eigenvalue weighted by atomic mass is 19.1. The van der Waals surface area contributed by atoms with E-state index in [0.29, 0.717) is 11.2 Å². The molecular formula is C19H16FN5O. The fourth-order valence-corrected chi connectivity index (χ4v) is 3.01. The Bertz CT molecular complexity index is 1160. The zero-order valence-electron chi connectivity index (χ0n) is 14.3. The average Bonchev–Trinajstić information content (AvgIpc) is 3.03. The Morgan fingerprint density at radius 2 is 1.81 bits per heavy atom. The van der Waals surface area contributed by atoms with Gasteiger partial charge in [-0.15, -0.1) is 5.10 Å². The zero-order valence-corrected chi connectivity index (χ0v) is 14.3. The molecule has 0 saturated carbocycles. The van der Waals surface area contributed by atoms with Gasteiger partial charge in [0.15, 0.2) is 11.2 Å². The number of hydrogen-bond acceptors (Lipinski definition) is 4. The summed E-state index contributed by atoms with van der Waals surface area (Å²) >= 11 is 0. The molecule has 0 aliphatic carbocycles. The summed E-state index contributed by atoms with van der Waals surface area (Å²) in [4.78, 5) is 17.0. The van der Waals surface area contributed by atoms with Crippen LogP contribution < -0.4 is 5.56 Å². The van der Waals surface area contributed by atoms with Crippen LogP contribution in [0, 0.1) is 19.7 Å². The molecule has 2 heterocycles. The first kappa shape index (κ1) is 16.1. The molecule has 0 aliphatic heterocycles. The van der Waals surface area contributed by atoms with E-state index in [1.807, 2.05) is 26.0 Å². The van der Waals surface area contributed by atoms with Gasteiger partial charge in [0.2, 0.25) is 0 Å². The van der Waals surface area contributed by atoms with Crippen LogP contribution in [0.3, 0.4) is 0 Å². The first-order valence-corrected chi connectivity index (χ1v) is 8.16. The monoisotopic (exact) mass is 349 g/mol. The van der Waals surface area contributed by atoms with E-state index in [4.69, 9.17) is 0 Å². The van der Waals surface area contributed by atoms with Crippen molar-refractivity contribution in [2.45, 2.75) is 20.4 Å². The van der Waals surface area contributed by atoms with E-state index in [1.165, 1.54) is 17.0 Å². The molecule has 4 rings (SSSR count). The van der Waals surface area contributed by atoms with Crippen molar-refractivity contribution in [1.82, 2.24) is 24.5 Å². The van der Waals surface area contributed by atoms with Gasteiger partial charge >= 0.3 is 0 Å². The van der Waals surface area contributed by atoms with E-state index >= 15 is 0 Å². The Morgan fingerprint density at radius 1 is 1.08 bits per heavy atom. The third-order valence-corrected chi connectivity index (χ3v) is 4.18. The van der Waals surface area contributed by atoms with E-state index < -0.39 is 0 Å². The lowest BCUT2D eigenvalue weighted by molar-refractivity contribution is 0.595. The summed E-state index contributed by atoms with van der Waals surface area (Å²) < 4.78 is 16.7. The third kappa shape index (κ3) is 2.77. The minimum Gasteiger partial charge on any atom is -0.293 e. The van der Waals surface area contributed by atoms with Crippen molar-refractivity contribution in [3.8, 4) is 5.69 Å². The van der Waals surface area contributed by atoms with E-state index in [1.54, 1.807) is 22.9 Å². The maximum Gasteiger partial charge on any atom is 0.283 e. The Labute approximate surface area is 148 Å². The lowest BCUT2D eigenvalue weighted by Crippen LogP contribution is -2.22. The van der Waals surface area contributed by atoms with Crippen LogP contribution in [0.2, 0.25) is 0 Å². The predicted octanol–water partition coefficient (Wildman–Crippen LogP) is 2.78. The maximum atomic E-state index is 13.9. The molecule has 0 N–H and O–H groups in total. The Morgan fingerprint density at radius 3 is 2.54 bits per heavy atom. The zero-order chi connectivity index (χ0) is 18.3. The summed E-state index contributed by atoms with van der Waals surface area (Å²) in [7, 11) is 0. The van der Waals surface area contributed by atoms with Crippen LogP contribution in [-0.2, 0) is 6.54 Å². The summed E-state index contributed by atoms with van der Waals surface area (Å²) in [5.41, 5.74) is 3.55. The first-order valence-electron chi connectivity index (χ1n) is 8.16. The molecule has 0 spiro atoms. The van der Waals surface area contributed by atoms with Crippen LogP contribution >= 0.6 is 0 Å². The number of hydrogen-bond donors (Lipinski definition) is 0. The molecule has 4 aromatic rings. The van der Waals surface area contributed by atoms with Gasteiger partial charge in [0.05, 0.1) is 12.2 Å². The van der Waals surface area contributed by atoms with Crippen molar-refractivity contribution in [3.63, 3.8) is 0 Å². The van der Waals surface area contributed by atoms with Gasteiger partial charge in [-0.25, -0.2) is 9.37 Å². The Kier molecular flexibility index (Phi) is 3.84. The molecule has 0 atom stereocenters. The van der Waals surface area contributed by atoms with E-state index in [9.17, 15) is 9.18 Å². The molecule has 0 unspecified atom stereocenters. The highest BCUT2D eigenvalue weighted by Gasteiger charge is 2.14. The van der Waals surface area contributed by atoms with Crippen LogP contribution in [0.1, 0.15) is 16.7 Å². The number of rotatable bonds is 3. The minimum absolute atomic E-state index is 0.0882. The second kappa shape index (κ2) is 6.18. The molecule has 0 amide bonds. The van der Waals surface area contributed by atoms with Crippen LogP contribution in [-0.4, -0.2) is 24.5 Å². The lowest BCUT2D eigenvalue weighted by atomic mass is 10.1. The number of fused-ring (bicyclic) bond motifs is 1. The number of halogens is 1. The second-order valence-electron chi connectivity index (χ2n) is 6.29. The Hall–Kier alpha value is -3.35. The van der Waals surface area contributed by atoms with Gasteiger partial charge in [-0.3, -0.25) is 9.36 Å². The van der Waals surface area contributed by atoms with Crippen molar-refractivity contribution in [3.05, 3.63) is 81.7 Å². The topological polar surface area (TPSA) is 65.6 Å². The van der Waals surface area contributed by atoms with Crippen molar-refractivity contribution in [2.75, 3.05) is 0 Å². The molecule has 26 heavy (non-hydrogen) atoms. The molecule has 2 aromatic heterocycles. The molecule has 0 aliphatic rings. The van der Waals surface area contributed by atoms with Crippen LogP contribution in [0.15, 0.2) is 53.6 Å². The van der Waals surface area contributed by atoms with Gasteiger partial charge in [0.25, 0.3) is 5.56 Å². The molecule has 7 heteroatoms. The largest absolute Gasteiger partial charge is 0.293 e. The molecule has 130 valence electrons. The van der Waals surface area contributed by atoms with Crippen molar-refractivity contribution >= 4 is 11.2 Å². The molecule has 6 nitrogen and oxygen atoms in total. The number of aryl methyl sites for hydroxylation is 2. The quantitative estimate of drug-likeness (QED) is 0.570. The van der Waals surface area contributed by atoms with E-state index in [0.717, 1.165) is 16.8 Å². The van der Waals surface area contributed by atoms with Crippen molar-refractivity contribution in [1.29, 1.82) is 0 Å². The molecule has 0 radical (unpaired) electrons. The van der Waals surface area contributed by atoms with E-state index in [-0.39, 0.29) is 23.4 Å². The van der Waals surface area contributed by atoms with Crippen LogP contribution in [0.25, 0.3) is 16.9 Å². The SMILES string of the molecule is Cc1cc(C)cc(-n2nnc3c(=O)n(Cc4ccccc4F)cnc32)c1. The highest BCUT2D eigenvalue weighted by molar-refractivity contribution is 5.70. The van der Waals surface area contributed by atoms with Crippen LogP contribution in [0.5, 0.6) is 0 Å². The predicted molar refractivity (Wildman–Crippen MR) is 95.9 cm³/mol. The molecule has 0 bridgehead atoms. The smallest absolute Gasteiger partial charge is 0.283 e. The average molecular weight is 349 g/mol. The molecule has 2 aromatic carbocycles. The summed E-state index contributed by atoms with van der Waals surface area (Å²) in [5.74, 6) is -0.363. The van der Waals surface area contributed by atoms with Crippen LogP contribution in [0.4, 0.5) is 4.39 Å². The van der Waals surface area contributed by atoms with Gasteiger partial charge in [0.1, 0.15) is 12.1 Å². The van der Waals surface area contributed by atoms with Gasteiger partial charge in [-0.2, -0.15) is 4.68 Å². The van der Waals surface area contributed by atoms with Crippen molar-refractivity contribution < 1.29 is 4.39 Å². The molecule has 0 saturated heterocycles. The maximum absolute atomic E-state index is 13.9. The standard InChI is InChI=1S/C19H16FN5O/c1-12-7-13(2)9-15(8-12)25-18-17(22-23-25)19(26)24(11-21-18)10-14-5-3-4-6-16(14)20/h3-9,11H,10H2,1-2H3. The summed E-state index contributed by atoms with van der Waals surface area (Å²) in [6.07, 6.45) is 1.40. The summed E-state index contributed by atoms with van der Waals surface area (Å²) in [5, 5.41) is 8.09. The van der Waals surface area contributed by atoms with Gasteiger partial charge in [-0.05, 0) is 43.2 Å². The molecular weight excluding hydrogens is 333 g/mol. The summed E-state index contributed by atoms with van der Waals surface area (Å²) in [6.45, 7) is 4.07. The number of aromatic nitrogens is 5. The fourth-order valence-electron chi connectivity index (χ4n) is 3.01. The molecule has 0 fully saturated rings. The Balaban J connectivity index is 1.81. The summed E-state index contributed by atoms with van der Waals surface area (Å²) in [6, 6.07) is 12.3. The van der Waals surface area contributed by atoms with E-state index in [2.05, 4.69) is 21.4 Å². The second-order valence-corrected chi connectivity index (χ2v) is 6.29. The van der Waals surface area contributed by atoms with Gasteiger partial charge < -0.3 is 0 Å². The third-order valence-electron chi connectivity index (χ3n) is 4.18. The number of benzene rings is 2. The normalized spacial score (nSPS) is 11.2. The van der Waals surface area contributed by atoms with Gasteiger partial charge in [-0.1, -0.05) is 29.5 Å². The van der Waals surface area contributed by atoms with Crippen molar-refractivity contribution in [2.24, 2.45) is 0 Å². The van der Waals surface area contributed by atoms with Gasteiger partial charge in [0, 0.05) is 5.56 Å². The minimum atomic E-state index is -0.363. The highest BCUT2D eigenvalue weighted by Crippen LogP contribution is 2.16. The lowest BCUT2D eigenvalue weighted by Gasteiger charge is -2.07.